The molecule has 14 heavy (non-hydrogen) atoms. The molecule has 1 heterocycles. The molecule has 0 radical (unpaired) electrons. The van der Waals surface area contributed by atoms with Crippen LogP contribution in [0.1, 0.15) is 5.56 Å². The van der Waals surface area contributed by atoms with Crippen molar-refractivity contribution < 1.29 is 0 Å². The van der Waals surface area contributed by atoms with Crippen LogP contribution in [0.2, 0.25) is 5.02 Å². The second kappa shape index (κ2) is 3.80. The summed E-state index contributed by atoms with van der Waals surface area (Å²) < 4.78 is 1.93. The summed E-state index contributed by atoms with van der Waals surface area (Å²) in [6, 6.07) is 3.82. The zero-order chi connectivity index (χ0) is 10.3. The van der Waals surface area contributed by atoms with Crippen LogP contribution in [-0.4, -0.2) is 4.98 Å². The van der Waals surface area contributed by atoms with Crippen molar-refractivity contribution in [1.82, 2.24) is 4.98 Å². The van der Waals surface area contributed by atoms with Crippen molar-refractivity contribution in [3.8, 4) is 0 Å². The van der Waals surface area contributed by atoms with Crippen LogP contribution >= 0.6 is 43.5 Å². The van der Waals surface area contributed by atoms with Crippen molar-refractivity contribution in [2.75, 3.05) is 0 Å². The fourth-order valence-electron chi connectivity index (χ4n) is 1.38. The molecule has 0 saturated heterocycles. The van der Waals surface area contributed by atoms with Gasteiger partial charge in [0.1, 0.15) is 0 Å². The average Bonchev–Trinajstić information content (AvgIpc) is 2.12. The number of hydrogen-bond donors (Lipinski definition) is 0. The summed E-state index contributed by atoms with van der Waals surface area (Å²) in [6.07, 6.45) is 1.79. The van der Waals surface area contributed by atoms with E-state index in [2.05, 4.69) is 36.8 Å². The Labute approximate surface area is 104 Å². The number of fused-ring (bicyclic) bond motifs is 1. The maximum Gasteiger partial charge on any atom is 0.0744 e. The van der Waals surface area contributed by atoms with Gasteiger partial charge in [0.25, 0.3) is 0 Å². The van der Waals surface area contributed by atoms with E-state index >= 15 is 0 Å². The average molecular weight is 335 g/mol. The Hall–Kier alpha value is -0.120. The zero-order valence-electron chi connectivity index (χ0n) is 7.31. The molecule has 0 atom stereocenters. The molecule has 2 rings (SSSR count). The van der Waals surface area contributed by atoms with Gasteiger partial charge in [0, 0.05) is 21.1 Å². The number of rotatable bonds is 0. The molecule has 0 aliphatic carbocycles. The minimum atomic E-state index is 0.732. The van der Waals surface area contributed by atoms with Crippen molar-refractivity contribution in [2.24, 2.45) is 0 Å². The minimum absolute atomic E-state index is 0.732. The van der Waals surface area contributed by atoms with Gasteiger partial charge >= 0.3 is 0 Å². The van der Waals surface area contributed by atoms with Crippen LogP contribution in [0.5, 0.6) is 0 Å². The lowest BCUT2D eigenvalue weighted by atomic mass is 10.1. The molecular formula is C10H6Br2ClN. The van der Waals surface area contributed by atoms with E-state index in [9.17, 15) is 0 Å². The van der Waals surface area contributed by atoms with E-state index in [1.165, 1.54) is 0 Å². The zero-order valence-corrected chi connectivity index (χ0v) is 11.2. The van der Waals surface area contributed by atoms with E-state index in [0.29, 0.717) is 0 Å². The summed E-state index contributed by atoms with van der Waals surface area (Å²) in [5, 5.41) is 1.76. The molecule has 0 aliphatic heterocycles. The van der Waals surface area contributed by atoms with Crippen LogP contribution in [0.3, 0.4) is 0 Å². The van der Waals surface area contributed by atoms with Gasteiger partial charge in [0.2, 0.25) is 0 Å². The van der Waals surface area contributed by atoms with Crippen LogP contribution < -0.4 is 0 Å². The molecule has 0 N–H and O–H groups in total. The second-order valence-electron chi connectivity index (χ2n) is 3.04. The summed E-state index contributed by atoms with van der Waals surface area (Å²) >= 11 is 12.9. The Balaban J connectivity index is 2.95. The molecule has 0 saturated carbocycles. The van der Waals surface area contributed by atoms with Crippen molar-refractivity contribution >= 4 is 54.4 Å². The highest BCUT2D eigenvalue weighted by Gasteiger charge is 2.07. The lowest BCUT2D eigenvalue weighted by Gasteiger charge is -2.05. The first-order valence-electron chi connectivity index (χ1n) is 3.99. The first-order chi connectivity index (χ1) is 6.59. The Morgan fingerprint density at radius 2 is 2.00 bits per heavy atom. The molecule has 2 aromatic rings. The van der Waals surface area contributed by atoms with Gasteiger partial charge in [-0.25, -0.2) is 0 Å². The van der Waals surface area contributed by atoms with Gasteiger partial charge in [0.15, 0.2) is 0 Å². The van der Waals surface area contributed by atoms with Crippen molar-refractivity contribution in [3.05, 3.63) is 37.9 Å². The standard InChI is InChI=1S/C10H6Br2ClN/c1-5-2-6(13)3-7-9(12)8(11)4-14-10(5)7/h2-4H,1H3. The monoisotopic (exact) mass is 333 g/mol. The lowest BCUT2D eigenvalue weighted by Crippen LogP contribution is -1.85. The van der Waals surface area contributed by atoms with Crippen LogP contribution in [0.25, 0.3) is 10.9 Å². The number of nitrogens with zero attached hydrogens (tertiary/aromatic N) is 1. The van der Waals surface area contributed by atoms with E-state index in [-0.39, 0.29) is 0 Å². The Morgan fingerprint density at radius 1 is 1.29 bits per heavy atom. The fraction of sp³-hybridized carbons (Fsp3) is 0.100. The first-order valence-corrected chi connectivity index (χ1v) is 5.96. The highest BCUT2D eigenvalue weighted by Crippen LogP contribution is 2.32. The molecule has 4 heteroatoms. The third-order valence-electron chi connectivity index (χ3n) is 2.02. The van der Waals surface area contributed by atoms with E-state index in [1.54, 1.807) is 6.20 Å². The highest BCUT2D eigenvalue weighted by atomic mass is 79.9. The van der Waals surface area contributed by atoms with E-state index in [1.807, 2.05) is 19.1 Å². The maximum atomic E-state index is 5.98. The summed E-state index contributed by atoms with van der Waals surface area (Å²) in [4.78, 5) is 4.35. The van der Waals surface area contributed by atoms with Crippen LogP contribution in [0.4, 0.5) is 0 Å². The molecule has 0 bridgehead atoms. The van der Waals surface area contributed by atoms with Gasteiger partial charge in [-0.05, 0) is 56.5 Å². The number of aryl methyl sites for hydroxylation is 1. The highest BCUT2D eigenvalue weighted by molar-refractivity contribution is 9.13. The second-order valence-corrected chi connectivity index (χ2v) is 5.12. The number of hydrogen-bond acceptors (Lipinski definition) is 1. The number of aromatic nitrogens is 1. The van der Waals surface area contributed by atoms with E-state index < -0.39 is 0 Å². The third kappa shape index (κ3) is 1.69. The van der Waals surface area contributed by atoms with E-state index in [0.717, 1.165) is 30.4 Å². The van der Waals surface area contributed by atoms with Gasteiger partial charge in [0.05, 0.1) is 9.99 Å². The number of benzene rings is 1. The summed E-state index contributed by atoms with van der Waals surface area (Å²) in [7, 11) is 0. The molecular weight excluding hydrogens is 329 g/mol. The normalized spacial score (nSPS) is 10.9. The van der Waals surface area contributed by atoms with Gasteiger partial charge < -0.3 is 0 Å². The van der Waals surface area contributed by atoms with Crippen LogP contribution in [0.15, 0.2) is 27.3 Å². The molecule has 0 aliphatic rings. The van der Waals surface area contributed by atoms with Crippen LogP contribution in [-0.2, 0) is 0 Å². The molecule has 0 spiro atoms. The molecule has 1 aromatic heterocycles. The van der Waals surface area contributed by atoms with Crippen molar-refractivity contribution in [3.63, 3.8) is 0 Å². The van der Waals surface area contributed by atoms with Crippen molar-refractivity contribution in [2.45, 2.75) is 6.92 Å². The Bertz CT molecular complexity index is 511. The number of halogens is 3. The summed E-state index contributed by atoms with van der Waals surface area (Å²) in [5.41, 5.74) is 2.06. The van der Waals surface area contributed by atoms with Gasteiger partial charge in [-0.1, -0.05) is 11.6 Å². The van der Waals surface area contributed by atoms with Crippen molar-refractivity contribution in [1.29, 1.82) is 0 Å². The summed E-state index contributed by atoms with van der Waals surface area (Å²) in [5.74, 6) is 0. The smallest absolute Gasteiger partial charge is 0.0744 e. The molecule has 0 unspecified atom stereocenters. The Kier molecular flexibility index (Phi) is 2.82. The summed E-state index contributed by atoms with van der Waals surface area (Å²) in [6.45, 7) is 2.00. The van der Waals surface area contributed by atoms with Gasteiger partial charge in [-0.15, -0.1) is 0 Å². The third-order valence-corrected chi connectivity index (χ3v) is 4.22. The molecule has 1 nitrogen and oxygen atoms in total. The molecule has 0 amide bonds. The molecule has 1 aromatic carbocycles. The maximum absolute atomic E-state index is 5.98. The predicted molar refractivity (Wildman–Crippen MR) is 66.9 cm³/mol. The predicted octanol–water partition coefficient (Wildman–Crippen LogP) is 4.72. The largest absolute Gasteiger partial charge is 0.255 e. The molecule has 72 valence electrons. The van der Waals surface area contributed by atoms with Crippen LogP contribution in [0, 0.1) is 6.92 Å². The number of pyridine rings is 1. The topological polar surface area (TPSA) is 12.9 Å². The quantitative estimate of drug-likeness (QED) is 0.679. The lowest BCUT2D eigenvalue weighted by molar-refractivity contribution is 1.34. The van der Waals surface area contributed by atoms with E-state index in [4.69, 9.17) is 11.6 Å². The minimum Gasteiger partial charge on any atom is -0.255 e. The first kappa shape index (κ1) is 10.4. The van der Waals surface area contributed by atoms with Gasteiger partial charge in [-0.2, -0.15) is 0 Å². The van der Waals surface area contributed by atoms with Gasteiger partial charge in [-0.3, -0.25) is 4.98 Å². The molecule has 0 fully saturated rings. The fourth-order valence-corrected chi connectivity index (χ4v) is 2.37. The SMILES string of the molecule is Cc1cc(Cl)cc2c(Br)c(Br)cnc12. The Morgan fingerprint density at radius 3 is 2.71 bits per heavy atom.